The number of methoxy groups -OCH3 is 1. The number of ether oxygens (including phenoxy) is 2. The second kappa shape index (κ2) is 14.0. The number of hydrogen-bond acceptors (Lipinski definition) is 7. The first-order valence-corrected chi connectivity index (χ1v) is 13.4. The summed E-state index contributed by atoms with van der Waals surface area (Å²) < 4.78 is 23.7. The summed E-state index contributed by atoms with van der Waals surface area (Å²) in [5.74, 6) is -0.439. The Morgan fingerprint density at radius 3 is 2.24 bits per heavy atom. The van der Waals surface area contributed by atoms with Gasteiger partial charge < -0.3 is 35.2 Å². The van der Waals surface area contributed by atoms with Gasteiger partial charge in [0, 0.05) is 44.1 Å². The maximum absolute atomic E-state index is 13.4. The molecule has 0 atom stereocenters. The van der Waals surface area contributed by atoms with Crippen LogP contribution in [0.2, 0.25) is 0 Å². The Hall–Kier alpha value is -4.80. The molecular weight excluding hydrogens is 529 g/mol. The van der Waals surface area contributed by atoms with E-state index in [0.717, 1.165) is 22.7 Å². The van der Waals surface area contributed by atoms with Gasteiger partial charge in [-0.1, -0.05) is 24.3 Å². The molecule has 0 aliphatic carbocycles. The third-order valence-electron chi connectivity index (χ3n) is 6.61. The number of halogens is 1. The van der Waals surface area contributed by atoms with Gasteiger partial charge >= 0.3 is 12.0 Å². The summed E-state index contributed by atoms with van der Waals surface area (Å²) in [6.45, 7) is 4.57. The van der Waals surface area contributed by atoms with Gasteiger partial charge in [-0.3, -0.25) is 9.59 Å². The molecule has 10 nitrogen and oxygen atoms in total. The molecule has 3 aromatic rings. The van der Waals surface area contributed by atoms with Gasteiger partial charge in [0.15, 0.2) is 0 Å². The average molecular weight is 564 g/mol. The van der Waals surface area contributed by atoms with Gasteiger partial charge in [0.05, 0.1) is 25.0 Å². The van der Waals surface area contributed by atoms with E-state index in [1.165, 1.54) is 12.1 Å². The highest BCUT2D eigenvalue weighted by atomic mass is 19.1. The van der Waals surface area contributed by atoms with E-state index in [0.29, 0.717) is 37.4 Å². The average Bonchev–Trinajstić information content (AvgIpc) is 3.00. The van der Waals surface area contributed by atoms with Crippen LogP contribution in [0.5, 0.6) is 5.75 Å². The predicted octanol–water partition coefficient (Wildman–Crippen LogP) is 3.78. The molecule has 3 amide bonds. The van der Waals surface area contributed by atoms with Gasteiger partial charge in [-0.25, -0.2) is 9.18 Å². The van der Waals surface area contributed by atoms with Crippen LogP contribution in [-0.2, 0) is 16.1 Å². The lowest BCUT2D eigenvalue weighted by atomic mass is 10.1. The highest BCUT2D eigenvalue weighted by molar-refractivity contribution is 6.02. The SMILES string of the molecule is CCOC(=O)CNC(=O)Nc1ccc(N2CCN(c3ccccc3OC)CC2)c(C(=O)NCc2ccc(F)cc2)c1. The number of urea groups is 1. The molecular formula is C30H34FN5O5. The second-order valence-electron chi connectivity index (χ2n) is 9.30. The number of para-hydroxylation sites is 2. The highest BCUT2D eigenvalue weighted by Gasteiger charge is 2.24. The zero-order chi connectivity index (χ0) is 29.2. The lowest BCUT2D eigenvalue weighted by Gasteiger charge is -2.38. The Kier molecular flexibility index (Phi) is 9.98. The van der Waals surface area contributed by atoms with E-state index >= 15 is 0 Å². The summed E-state index contributed by atoms with van der Waals surface area (Å²) in [6, 6.07) is 18.3. The number of anilines is 3. The summed E-state index contributed by atoms with van der Waals surface area (Å²) in [4.78, 5) is 41.7. The van der Waals surface area contributed by atoms with Gasteiger partial charge in [-0.05, 0) is 55.0 Å². The van der Waals surface area contributed by atoms with Crippen molar-refractivity contribution < 1.29 is 28.2 Å². The molecule has 0 bridgehead atoms. The largest absolute Gasteiger partial charge is 0.495 e. The van der Waals surface area contributed by atoms with E-state index in [-0.39, 0.29) is 31.4 Å². The van der Waals surface area contributed by atoms with Crippen molar-refractivity contribution in [3.8, 4) is 5.75 Å². The predicted molar refractivity (Wildman–Crippen MR) is 155 cm³/mol. The van der Waals surface area contributed by atoms with Crippen LogP contribution in [0, 0.1) is 5.82 Å². The van der Waals surface area contributed by atoms with Crippen LogP contribution in [-0.4, -0.2) is 64.3 Å². The number of hydrogen-bond donors (Lipinski definition) is 3. The minimum atomic E-state index is -0.603. The van der Waals surface area contributed by atoms with E-state index in [1.54, 1.807) is 44.4 Å². The third-order valence-corrected chi connectivity index (χ3v) is 6.61. The summed E-state index contributed by atoms with van der Waals surface area (Å²) in [6.07, 6.45) is 0. The Morgan fingerprint density at radius 1 is 0.878 bits per heavy atom. The molecule has 0 unspecified atom stereocenters. The Labute approximate surface area is 238 Å². The van der Waals surface area contributed by atoms with Crippen molar-refractivity contribution in [2.45, 2.75) is 13.5 Å². The monoisotopic (exact) mass is 563 g/mol. The molecule has 41 heavy (non-hydrogen) atoms. The first-order chi connectivity index (χ1) is 19.9. The second-order valence-corrected chi connectivity index (χ2v) is 9.30. The van der Waals surface area contributed by atoms with Crippen molar-refractivity contribution in [1.29, 1.82) is 0 Å². The molecule has 1 fully saturated rings. The summed E-state index contributed by atoms with van der Waals surface area (Å²) in [7, 11) is 1.65. The fourth-order valence-corrected chi connectivity index (χ4v) is 4.57. The normalized spacial score (nSPS) is 12.9. The molecule has 11 heteroatoms. The first-order valence-electron chi connectivity index (χ1n) is 13.4. The zero-order valence-electron chi connectivity index (χ0n) is 23.1. The topological polar surface area (TPSA) is 112 Å². The number of piperazine rings is 1. The highest BCUT2D eigenvalue weighted by Crippen LogP contribution is 2.31. The van der Waals surface area contributed by atoms with Crippen molar-refractivity contribution in [1.82, 2.24) is 10.6 Å². The maximum Gasteiger partial charge on any atom is 0.325 e. The van der Waals surface area contributed by atoms with Crippen LogP contribution in [0.3, 0.4) is 0 Å². The molecule has 1 saturated heterocycles. The van der Waals surface area contributed by atoms with Crippen LogP contribution in [0.15, 0.2) is 66.7 Å². The van der Waals surface area contributed by atoms with Crippen LogP contribution in [0.4, 0.5) is 26.2 Å². The van der Waals surface area contributed by atoms with Crippen molar-refractivity contribution in [3.63, 3.8) is 0 Å². The maximum atomic E-state index is 13.4. The van der Waals surface area contributed by atoms with E-state index in [4.69, 9.17) is 9.47 Å². The lowest BCUT2D eigenvalue weighted by Crippen LogP contribution is -2.47. The fraction of sp³-hybridized carbons (Fsp3) is 0.300. The van der Waals surface area contributed by atoms with E-state index in [1.807, 2.05) is 24.3 Å². The van der Waals surface area contributed by atoms with Crippen molar-refractivity contribution in [3.05, 3.63) is 83.7 Å². The number of carbonyl (C=O) groups is 3. The van der Waals surface area contributed by atoms with Gasteiger partial charge in [0.25, 0.3) is 5.91 Å². The summed E-state index contributed by atoms with van der Waals surface area (Å²) >= 11 is 0. The van der Waals surface area contributed by atoms with Crippen LogP contribution in [0.1, 0.15) is 22.8 Å². The number of amides is 3. The Bertz CT molecular complexity index is 1360. The number of nitrogens with one attached hydrogen (secondary N) is 3. The number of nitrogens with zero attached hydrogens (tertiary/aromatic N) is 2. The molecule has 4 rings (SSSR count). The molecule has 1 heterocycles. The summed E-state index contributed by atoms with van der Waals surface area (Å²) in [5.41, 5.74) is 3.24. The molecule has 1 aliphatic heterocycles. The van der Waals surface area contributed by atoms with Gasteiger partial charge in [-0.2, -0.15) is 0 Å². The smallest absolute Gasteiger partial charge is 0.325 e. The first kappa shape index (κ1) is 29.2. The minimum absolute atomic E-state index is 0.206. The van der Waals surface area contributed by atoms with Crippen LogP contribution in [0.25, 0.3) is 0 Å². The number of carbonyl (C=O) groups excluding carboxylic acids is 3. The Balaban J connectivity index is 1.50. The molecule has 0 radical (unpaired) electrons. The standard InChI is InChI=1S/C30H34FN5O5/c1-3-41-28(37)20-33-30(39)34-23-12-13-25(24(18-23)29(38)32-19-21-8-10-22(31)11-9-21)35-14-16-36(17-15-35)26-6-4-5-7-27(26)40-2/h4-13,18H,3,14-17,19-20H2,1-2H3,(H,32,38)(H2,33,34,39). The molecule has 0 aromatic heterocycles. The fourth-order valence-electron chi connectivity index (χ4n) is 4.57. The van der Waals surface area contributed by atoms with Crippen LogP contribution >= 0.6 is 0 Å². The Morgan fingerprint density at radius 2 is 1.56 bits per heavy atom. The van der Waals surface area contributed by atoms with E-state index in [2.05, 4.69) is 25.8 Å². The molecule has 3 aromatic carbocycles. The van der Waals surface area contributed by atoms with Crippen LogP contribution < -0.4 is 30.5 Å². The zero-order valence-corrected chi connectivity index (χ0v) is 23.1. The van der Waals surface area contributed by atoms with Crippen molar-refractivity contribution in [2.24, 2.45) is 0 Å². The number of benzene rings is 3. The molecule has 216 valence electrons. The minimum Gasteiger partial charge on any atom is -0.495 e. The van der Waals surface area contributed by atoms with E-state index in [9.17, 15) is 18.8 Å². The molecule has 3 N–H and O–H groups in total. The summed E-state index contributed by atoms with van der Waals surface area (Å²) in [5, 5.41) is 8.00. The van der Waals surface area contributed by atoms with Crippen molar-refractivity contribution >= 4 is 35.0 Å². The van der Waals surface area contributed by atoms with Crippen molar-refractivity contribution in [2.75, 3.05) is 61.6 Å². The molecule has 0 saturated carbocycles. The number of esters is 1. The quantitative estimate of drug-likeness (QED) is 0.322. The van der Waals surface area contributed by atoms with Gasteiger partial charge in [0.2, 0.25) is 0 Å². The van der Waals surface area contributed by atoms with E-state index < -0.39 is 12.0 Å². The molecule has 0 spiro atoms. The molecule has 1 aliphatic rings. The third kappa shape index (κ3) is 7.87. The van der Waals surface area contributed by atoms with Gasteiger partial charge in [0.1, 0.15) is 18.1 Å². The number of rotatable bonds is 10. The van der Waals surface area contributed by atoms with Gasteiger partial charge in [-0.15, -0.1) is 0 Å². The lowest BCUT2D eigenvalue weighted by molar-refractivity contribution is -0.141.